The number of nitrogens with one attached hydrogen (secondary N) is 1. The van der Waals surface area contributed by atoms with Gasteiger partial charge in [-0.05, 0) is 40.8 Å². The van der Waals surface area contributed by atoms with Crippen LogP contribution in [0.15, 0.2) is 77.5 Å². The summed E-state index contributed by atoms with van der Waals surface area (Å²) in [6.07, 6.45) is 1.45. The molecule has 0 atom stereocenters. The first-order chi connectivity index (χ1) is 13.3. The molecule has 5 rings (SSSR count). The molecule has 1 N–H and O–H groups in total. The number of hydrogen-bond donors (Lipinski definition) is 1. The summed E-state index contributed by atoms with van der Waals surface area (Å²) in [5.74, 6) is -0.253. The molecule has 0 spiro atoms. The summed E-state index contributed by atoms with van der Waals surface area (Å²) in [4.78, 5) is 12.8. The van der Waals surface area contributed by atoms with Crippen LogP contribution >= 0.6 is 0 Å². The van der Waals surface area contributed by atoms with Gasteiger partial charge in [-0.1, -0.05) is 30.3 Å². The first-order valence-electron chi connectivity index (χ1n) is 8.35. The van der Waals surface area contributed by atoms with Crippen molar-refractivity contribution in [1.82, 2.24) is 20.2 Å². The van der Waals surface area contributed by atoms with Crippen molar-refractivity contribution in [2.45, 2.75) is 0 Å². The van der Waals surface area contributed by atoms with Gasteiger partial charge in [0.25, 0.3) is 5.91 Å². The molecule has 2 aromatic heterocycles. The second kappa shape index (κ2) is 6.06. The summed E-state index contributed by atoms with van der Waals surface area (Å²) in [5.41, 5.74) is 3.26. The predicted molar refractivity (Wildman–Crippen MR) is 101 cm³/mol. The predicted octanol–water partition coefficient (Wildman–Crippen LogP) is 3.81. The number of carbonyl (C=O) groups excluding carboxylic acids is 1. The Hall–Kier alpha value is -4.00. The van der Waals surface area contributed by atoms with Crippen molar-refractivity contribution in [3.63, 3.8) is 0 Å². The Morgan fingerprint density at radius 1 is 0.926 bits per heavy atom. The average Bonchev–Trinajstić information content (AvgIpc) is 3.35. The lowest BCUT2D eigenvalue weighted by Crippen LogP contribution is -2.15. The number of rotatable bonds is 3. The van der Waals surface area contributed by atoms with Gasteiger partial charge >= 0.3 is 0 Å². The molecule has 0 fully saturated rings. The van der Waals surface area contributed by atoms with E-state index in [4.69, 9.17) is 4.42 Å². The summed E-state index contributed by atoms with van der Waals surface area (Å²) in [7, 11) is 0. The first kappa shape index (κ1) is 15.3. The standard InChI is InChI=1S/C20H13N5O2/c26-20(16-6-1-3-7-17(16)25-12-21-23-24-25)22-13-9-10-15-14-5-2-4-8-18(14)27-19(15)11-13/h1-12H,(H,22,26). The van der Waals surface area contributed by atoms with Crippen molar-refractivity contribution in [2.24, 2.45) is 0 Å². The highest BCUT2D eigenvalue weighted by Crippen LogP contribution is 2.30. The maximum absolute atomic E-state index is 12.8. The quantitative estimate of drug-likeness (QED) is 0.532. The molecule has 0 radical (unpaired) electrons. The van der Waals surface area contributed by atoms with Crippen molar-refractivity contribution in [3.8, 4) is 5.69 Å². The Bertz CT molecular complexity index is 1270. The smallest absolute Gasteiger partial charge is 0.257 e. The van der Waals surface area contributed by atoms with Gasteiger partial charge in [0.2, 0.25) is 0 Å². The van der Waals surface area contributed by atoms with E-state index in [1.807, 2.05) is 48.5 Å². The molecule has 3 aromatic carbocycles. The third kappa shape index (κ3) is 2.62. The Morgan fingerprint density at radius 2 is 1.74 bits per heavy atom. The number of fused-ring (bicyclic) bond motifs is 3. The van der Waals surface area contributed by atoms with E-state index in [9.17, 15) is 4.79 Å². The molecule has 0 unspecified atom stereocenters. The fraction of sp³-hybridized carbons (Fsp3) is 0. The van der Waals surface area contributed by atoms with Crippen LogP contribution in [0.3, 0.4) is 0 Å². The van der Waals surface area contributed by atoms with Crippen molar-refractivity contribution < 1.29 is 9.21 Å². The Labute approximate surface area is 153 Å². The van der Waals surface area contributed by atoms with E-state index < -0.39 is 0 Å². The zero-order valence-corrected chi connectivity index (χ0v) is 14.0. The zero-order chi connectivity index (χ0) is 18.2. The second-order valence-electron chi connectivity index (χ2n) is 6.03. The molecule has 1 amide bonds. The van der Waals surface area contributed by atoms with Crippen molar-refractivity contribution in [1.29, 1.82) is 0 Å². The van der Waals surface area contributed by atoms with E-state index in [0.717, 1.165) is 21.9 Å². The van der Waals surface area contributed by atoms with Crippen molar-refractivity contribution in [2.75, 3.05) is 5.32 Å². The van der Waals surface area contributed by atoms with E-state index in [2.05, 4.69) is 20.8 Å². The van der Waals surface area contributed by atoms with Gasteiger partial charge in [-0.25, -0.2) is 0 Å². The van der Waals surface area contributed by atoms with E-state index in [1.165, 1.54) is 11.0 Å². The summed E-state index contributed by atoms with van der Waals surface area (Å²) in [5, 5.41) is 16.1. The zero-order valence-electron chi connectivity index (χ0n) is 14.0. The third-order valence-electron chi connectivity index (χ3n) is 4.38. The van der Waals surface area contributed by atoms with Crippen molar-refractivity contribution in [3.05, 3.63) is 78.6 Å². The number of furan rings is 1. The summed E-state index contributed by atoms with van der Waals surface area (Å²) in [6, 6.07) is 20.6. The molecule has 0 saturated heterocycles. The number of amides is 1. The molecule has 2 heterocycles. The molecular formula is C20H13N5O2. The number of aromatic nitrogens is 4. The SMILES string of the molecule is O=C(Nc1ccc2c(c1)oc1ccccc12)c1ccccc1-n1cnnn1. The maximum Gasteiger partial charge on any atom is 0.257 e. The Balaban J connectivity index is 1.50. The van der Waals surface area contributed by atoms with Gasteiger partial charge in [0.15, 0.2) is 0 Å². The average molecular weight is 355 g/mol. The molecule has 0 aliphatic rings. The first-order valence-corrected chi connectivity index (χ1v) is 8.35. The van der Waals surface area contributed by atoms with Crippen LogP contribution in [0.2, 0.25) is 0 Å². The van der Waals surface area contributed by atoms with Crippen LogP contribution in [0.4, 0.5) is 5.69 Å². The largest absolute Gasteiger partial charge is 0.456 e. The number of para-hydroxylation sites is 2. The maximum atomic E-state index is 12.8. The second-order valence-corrected chi connectivity index (χ2v) is 6.03. The fourth-order valence-corrected chi connectivity index (χ4v) is 3.14. The highest BCUT2D eigenvalue weighted by Gasteiger charge is 2.14. The summed E-state index contributed by atoms with van der Waals surface area (Å²) in [6.45, 7) is 0. The molecular weight excluding hydrogens is 342 g/mol. The monoisotopic (exact) mass is 355 g/mol. The van der Waals surface area contributed by atoms with Gasteiger partial charge in [0, 0.05) is 22.5 Å². The number of benzene rings is 3. The molecule has 5 aromatic rings. The van der Waals surface area contributed by atoms with Crippen LogP contribution in [0.25, 0.3) is 27.6 Å². The van der Waals surface area contributed by atoms with Crippen LogP contribution in [0.5, 0.6) is 0 Å². The fourth-order valence-electron chi connectivity index (χ4n) is 3.14. The minimum atomic E-state index is -0.253. The normalized spacial score (nSPS) is 11.1. The van der Waals surface area contributed by atoms with Gasteiger partial charge in [-0.2, -0.15) is 4.68 Å². The van der Waals surface area contributed by atoms with Gasteiger partial charge in [0.05, 0.1) is 11.3 Å². The molecule has 0 aliphatic heterocycles. The van der Waals surface area contributed by atoms with E-state index in [1.54, 1.807) is 18.2 Å². The van der Waals surface area contributed by atoms with Crippen LogP contribution < -0.4 is 5.32 Å². The van der Waals surface area contributed by atoms with Crippen molar-refractivity contribution >= 4 is 33.5 Å². The number of carbonyl (C=O) groups is 1. The molecule has 27 heavy (non-hydrogen) atoms. The molecule has 7 nitrogen and oxygen atoms in total. The van der Waals surface area contributed by atoms with Crippen LogP contribution in [0.1, 0.15) is 10.4 Å². The third-order valence-corrected chi connectivity index (χ3v) is 4.38. The van der Waals surface area contributed by atoms with Gasteiger partial charge in [0.1, 0.15) is 17.5 Å². The Kier molecular flexibility index (Phi) is 3.43. The Morgan fingerprint density at radius 3 is 2.63 bits per heavy atom. The lowest BCUT2D eigenvalue weighted by Gasteiger charge is -2.09. The lowest BCUT2D eigenvalue weighted by atomic mass is 10.1. The number of tetrazole rings is 1. The van der Waals surface area contributed by atoms with Crippen LogP contribution in [0, 0.1) is 0 Å². The van der Waals surface area contributed by atoms with E-state index in [0.29, 0.717) is 16.9 Å². The highest BCUT2D eigenvalue weighted by molar-refractivity contribution is 6.09. The van der Waals surface area contributed by atoms with E-state index >= 15 is 0 Å². The number of anilines is 1. The minimum absolute atomic E-state index is 0.253. The highest BCUT2D eigenvalue weighted by atomic mass is 16.3. The van der Waals surface area contributed by atoms with Gasteiger partial charge in [-0.15, -0.1) is 5.10 Å². The number of hydrogen-bond acceptors (Lipinski definition) is 5. The summed E-state index contributed by atoms with van der Waals surface area (Å²) >= 11 is 0. The molecule has 130 valence electrons. The lowest BCUT2D eigenvalue weighted by molar-refractivity contribution is 0.102. The van der Waals surface area contributed by atoms with E-state index in [-0.39, 0.29) is 5.91 Å². The molecule has 0 bridgehead atoms. The number of nitrogens with zero attached hydrogens (tertiary/aromatic N) is 4. The van der Waals surface area contributed by atoms with Crippen LogP contribution in [-0.2, 0) is 0 Å². The molecule has 0 aliphatic carbocycles. The molecule has 0 saturated carbocycles. The summed E-state index contributed by atoms with van der Waals surface area (Å²) < 4.78 is 7.34. The topological polar surface area (TPSA) is 85.8 Å². The van der Waals surface area contributed by atoms with Gasteiger partial charge < -0.3 is 9.73 Å². The van der Waals surface area contributed by atoms with Gasteiger partial charge in [-0.3, -0.25) is 4.79 Å². The van der Waals surface area contributed by atoms with Crippen LogP contribution in [-0.4, -0.2) is 26.1 Å². The molecule has 7 heteroatoms. The minimum Gasteiger partial charge on any atom is -0.456 e.